The Labute approximate surface area is 284 Å². The van der Waals surface area contributed by atoms with Gasteiger partial charge in [0.25, 0.3) is 0 Å². The maximum absolute atomic E-state index is 12.2. The van der Waals surface area contributed by atoms with E-state index in [-0.39, 0.29) is 35.4 Å². The fraction of sp³-hybridized carbons (Fsp3) is 0.615. The Morgan fingerprint density at radius 2 is 1.60 bits per heavy atom. The Morgan fingerprint density at radius 1 is 0.957 bits per heavy atom. The van der Waals surface area contributed by atoms with Gasteiger partial charge < -0.3 is 28.1 Å². The van der Waals surface area contributed by atoms with Crippen LogP contribution < -0.4 is 0 Å². The summed E-state index contributed by atoms with van der Waals surface area (Å²) >= 11 is 0. The minimum absolute atomic E-state index is 0.0133. The van der Waals surface area contributed by atoms with E-state index in [1.807, 2.05) is 49.4 Å². The SMILES string of the molecule is CCOC(=O)/C=C/C[C@@]1(C)O[C@@]2(C)[C@@H](OCc3ccccc3)C[C@H](CCCOCc3ccccc3)O[C@@H]2C[C@@H]1O[Si](C)(C)C(C)(C)C. The molecule has 2 saturated heterocycles. The first-order chi connectivity index (χ1) is 22.3. The molecule has 2 aromatic rings. The number of rotatable bonds is 15. The van der Waals surface area contributed by atoms with Crippen LogP contribution >= 0.6 is 0 Å². The summed E-state index contributed by atoms with van der Waals surface area (Å²) < 4.78 is 39.2. The molecule has 0 radical (unpaired) electrons. The van der Waals surface area contributed by atoms with Crippen LogP contribution in [0.4, 0.5) is 0 Å². The predicted molar refractivity (Wildman–Crippen MR) is 189 cm³/mol. The lowest BCUT2D eigenvalue weighted by Crippen LogP contribution is -2.70. The van der Waals surface area contributed by atoms with Gasteiger partial charge in [-0.15, -0.1) is 0 Å². The van der Waals surface area contributed by atoms with Gasteiger partial charge in [-0.05, 0) is 69.3 Å². The first kappa shape index (κ1) is 37.5. The molecule has 2 heterocycles. The van der Waals surface area contributed by atoms with Gasteiger partial charge in [-0.3, -0.25) is 0 Å². The second-order valence-electron chi connectivity index (χ2n) is 15.0. The summed E-state index contributed by atoms with van der Waals surface area (Å²) in [5.74, 6) is -0.349. The minimum Gasteiger partial charge on any atom is -0.463 e. The molecule has 2 fully saturated rings. The van der Waals surface area contributed by atoms with Crippen molar-refractivity contribution in [2.75, 3.05) is 13.2 Å². The molecule has 0 unspecified atom stereocenters. The highest BCUT2D eigenvalue weighted by molar-refractivity contribution is 6.74. The summed E-state index contributed by atoms with van der Waals surface area (Å²) in [7, 11) is -2.19. The molecule has 0 saturated carbocycles. The van der Waals surface area contributed by atoms with Gasteiger partial charge in [0.05, 0.1) is 49.8 Å². The third-order valence-electron chi connectivity index (χ3n) is 10.2. The summed E-state index contributed by atoms with van der Waals surface area (Å²) in [6, 6.07) is 20.6. The van der Waals surface area contributed by atoms with Crippen molar-refractivity contribution < 1.29 is 32.9 Å². The van der Waals surface area contributed by atoms with Crippen molar-refractivity contribution in [2.24, 2.45) is 0 Å². The first-order valence-corrected chi connectivity index (χ1v) is 20.3. The van der Waals surface area contributed by atoms with Gasteiger partial charge in [-0.1, -0.05) is 87.5 Å². The van der Waals surface area contributed by atoms with Crippen molar-refractivity contribution in [3.63, 3.8) is 0 Å². The van der Waals surface area contributed by atoms with Crippen LogP contribution in [0.25, 0.3) is 0 Å². The molecule has 0 amide bonds. The standard InChI is InChI=1S/C39H58O7Si/c1-9-42-36(40)23-16-24-38(5)33(45-47(7,8)37(2,3)4)27-35-39(6,46-38)34(43-29-31-20-14-11-15-21-31)26-32(44-35)22-17-25-41-28-30-18-12-10-13-19-30/h10-16,18-21,23,32-35H,9,17,22,24-29H2,1-8H3/b23-16+/t32-,33-,34-,35+,38+,39-/m0/s1. The zero-order valence-electron chi connectivity index (χ0n) is 30.0. The molecule has 260 valence electrons. The van der Waals surface area contributed by atoms with E-state index in [2.05, 4.69) is 72.0 Å². The van der Waals surface area contributed by atoms with Gasteiger partial charge in [-0.25, -0.2) is 4.79 Å². The van der Waals surface area contributed by atoms with E-state index in [0.29, 0.717) is 39.3 Å². The topological polar surface area (TPSA) is 72.5 Å². The third kappa shape index (κ3) is 10.1. The largest absolute Gasteiger partial charge is 0.463 e. The minimum atomic E-state index is -2.19. The molecule has 0 aliphatic carbocycles. The summed E-state index contributed by atoms with van der Waals surface area (Å²) in [4.78, 5) is 12.2. The van der Waals surface area contributed by atoms with E-state index in [9.17, 15) is 4.79 Å². The van der Waals surface area contributed by atoms with Crippen molar-refractivity contribution in [3.05, 3.63) is 83.9 Å². The molecule has 0 aromatic heterocycles. The number of hydrogen-bond donors (Lipinski definition) is 0. The molecule has 0 spiro atoms. The van der Waals surface area contributed by atoms with Gasteiger partial charge in [-0.2, -0.15) is 0 Å². The van der Waals surface area contributed by atoms with E-state index in [0.717, 1.165) is 24.8 Å². The molecule has 6 atom stereocenters. The highest BCUT2D eigenvalue weighted by atomic mass is 28.4. The van der Waals surface area contributed by atoms with E-state index >= 15 is 0 Å². The Hall–Kier alpha value is -2.33. The van der Waals surface area contributed by atoms with Crippen LogP contribution in [0, 0.1) is 0 Å². The lowest BCUT2D eigenvalue weighted by Gasteiger charge is -2.59. The second kappa shape index (κ2) is 16.4. The van der Waals surface area contributed by atoms with Gasteiger partial charge in [0, 0.05) is 25.5 Å². The summed E-state index contributed by atoms with van der Waals surface area (Å²) in [5, 5.41) is 0.0203. The number of carbonyl (C=O) groups excluding carboxylic acids is 1. The Kier molecular flexibility index (Phi) is 13.1. The molecule has 0 bridgehead atoms. The zero-order valence-corrected chi connectivity index (χ0v) is 31.0. The molecule has 0 N–H and O–H groups in total. The Bertz CT molecular complexity index is 1280. The molecule has 2 aliphatic heterocycles. The van der Waals surface area contributed by atoms with Crippen molar-refractivity contribution in [2.45, 2.75) is 141 Å². The van der Waals surface area contributed by atoms with Crippen molar-refractivity contribution in [1.82, 2.24) is 0 Å². The van der Waals surface area contributed by atoms with Crippen molar-refractivity contribution >= 4 is 14.3 Å². The fourth-order valence-corrected chi connectivity index (χ4v) is 7.77. The molecule has 2 aromatic carbocycles. The normalized spacial score (nSPS) is 28.3. The van der Waals surface area contributed by atoms with E-state index in [1.165, 1.54) is 11.6 Å². The van der Waals surface area contributed by atoms with Crippen molar-refractivity contribution in [1.29, 1.82) is 0 Å². The lowest BCUT2D eigenvalue weighted by molar-refractivity contribution is -0.330. The van der Waals surface area contributed by atoms with Crippen LogP contribution in [0.15, 0.2) is 72.8 Å². The van der Waals surface area contributed by atoms with E-state index < -0.39 is 19.5 Å². The maximum atomic E-state index is 12.2. The molecule has 8 heteroatoms. The number of carbonyl (C=O) groups is 1. The fourth-order valence-electron chi connectivity index (χ4n) is 6.36. The first-order valence-electron chi connectivity index (χ1n) is 17.4. The number of fused-ring (bicyclic) bond motifs is 1. The molecular weight excluding hydrogens is 609 g/mol. The lowest BCUT2D eigenvalue weighted by atomic mass is 9.75. The summed E-state index contributed by atoms with van der Waals surface area (Å²) in [6.07, 6.45) is 6.42. The quantitative estimate of drug-likeness (QED) is 0.0816. The van der Waals surface area contributed by atoms with Gasteiger partial charge in [0.15, 0.2) is 8.32 Å². The average molecular weight is 667 g/mol. The second-order valence-corrected chi connectivity index (χ2v) is 19.8. The van der Waals surface area contributed by atoms with E-state index in [1.54, 1.807) is 0 Å². The van der Waals surface area contributed by atoms with Crippen LogP contribution in [0.2, 0.25) is 18.1 Å². The number of benzene rings is 2. The zero-order chi connectivity index (χ0) is 34.1. The number of ether oxygens (including phenoxy) is 5. The van der Waals surface area contributed by atoms with Gasteiger partial charge in [0.1, 0.15) is 5.60 Å². The maximum Gasteiger partial charge on any atom is 0.330 e. The highest BCUT2D eigenvalue weighted by Gasteiger charge is 2.60. The van der Waals surface area contributed by atoms with Crippen LogP contribution in [-0.2, 0) is 46.1 Å². The summed E-state index contributed by atoms with van der Waals surface area (Å²) in [6.45, 7) is 19.5. The Balaban J connectivity index is 1.55. The summed E-state index contributed by atoms with van der Waals surface area (Å²) in [5.41, 5.74) is 0.882. The molecular formula is C39H58O7Si. The highest BCUT2D eigenvalue weighted by Crippen LogP contribution is 2.50. The van der Waals surface area contributed by atoms with E-state index in [4.69, 9.17) is 28.1 Å². The van der Waals surface area contributed by atoms with Crippen LogP contribution in [-0.4, -0.2) is 63.1 Å². The molecule has 7 nitrogen and oxygen atoms in total. The average Bonchev–Trinajstić information content (AvgIpc) is 3.01. The third-order valence-corrected chi connectivity index (χ3v) is 14.7. The molecule has 4 rings (SSSR count). The number of esters is 1. The van der Waals surface area contributed by atoms with Gasteiger partial charge >= 0.3 is 5.97 Å². The Morgan fingerprint density at radius 3 is 2.21 bits per heavy atom. The van der Waals surface area contributed by atoms with Gasteiger partial charge in [0.2, 0.25) is 0 Å². The van der Waals surface area contributed by atoms with Crippen LogP contribution in [0.5, 0.6) is 0 Å². The van der Waals surface area contributed by atoms with Crippen LogP contribution in [0.1, 0.15) is 84.8 Å². The number of hydrogen-bond acceptors (Lipinski definition) is 7. The predicted octanol–water partition coefficient (Wildman–Crippen LogP) is 8.56. The van der Waals surface area contributed by atoms with Crippen LogP contribution in [0.3, 0.4) is 0 Å². The molecule has 47 heavy (non-hydrogen) atoms. The smallest absolute Gasteiger partial charge is 0.330 e. The van der Waals surface area contributed by atoms with Crippen molar-refractivity contribution in [3.8, 4) is 0 Å². The monoisotopic (exact) mass is 666 g/mol. The molecule has 2 aliphatic rings.